The van der Waals surface area contributed by atoms with Gasteiger partial charge in [0.2, 0.25) is 0 Å². The van der Waals surface area contributed by atoms with Crippen LogP contribution in [0.2, 0.25) is 0 Å². The van der Waals surface area contributed by atoms with E-state index in [9.17, 15) is 10.1 Å². The van der Waals surface area contributed by atoms with Gasteiger partial charge in [-0.05, 0) is 19.1 Å². The van der Waals surface area contributed by atoms with Gasteiger partial charge < -0.3 is 5.32 Å². The summed E-state index contributed by atoms with van der Waals surface area (Å²) in [5.41, 5.74) is 2.25. The largest absolute Gasteiger partial charge is 0.360 e. The fourth-order valence-corrected chi connectivity index (χ4v) is 2.31. The highest BCUT2D eigenvalue weighted by Gasteiger charge is 2.30. The molecule has 6 nitrogen and oxygen atoms in total. The molecule has 0 bridgehead atoms. The summed E-state index contributed by atoms with van der Waals surface area (Å²) >= 11 is 0. The number of anilines is 1. The molecule has 1 aliphatic rings. The normalized spacial score (nSPS) is 16.8. The Hall–Kier alpha value is -2.63. The molecule has 0 amide bonds. The molecular formula is C13H12N4O2. The summed E-state index contributed by atoms with van der Waals surface area (Å²) in [6, 6.07) is 7.52. The lowest BCUT2D eigenvalue weighted by Crippen LogP contribution is -2.23. The SMILES string of the molecule is CC=CC1Nc2ccccc2-c2c([N+](=O)[O-])cnn21. The highest BCUT2D eigenvalue weighted by atomic mass is 16.6. The quantitative estimate of drug-likeness (QED) is 0.509. The number of nitro groups is 1. The zero-order valence-corrected chi connectivity index (χ0v) is 10.3. The van der Waals surface area contributed by atoms with Crippen molar-refractivity contribution in [2.75, 3.05) is 5.32 Å². The van der Waals surface area contributed by atoms with Gasteiger partial charge in [0.1, 0.15) is 12.4 Å². The van der Waals surface area contributed by atoms with Gasteiger partial charge in [-0.1, -0.05) is 24.3 Å². The number of nitrogens with one attached hydrogen (secondary N) is 1. The van der Waals surface area contributed by atoms with Crippen molar-refractivity contribution in [2.24, 2.45) is 0 Å². The van der Waals surface area contributed by atoms with Crippen molar-refractivity contribution in [3.63, 3.8) is 0 Å². The van der Waals surface area contributed by atoms with Crippen molar-refractivity contribution in [2.45, 2.75) is 13.1 Å². The van der Waals surface area contributed by atoms with Gasteiger partial charge in [0.25, 0.3) is 0 Å². The van der Waals surface area contributed by atoms with Crippen molar-refractivity contribution >= 4 is 11.4 Å². The molecule has 1 aromatic heterocycles. The van der Waals surface area contributed by atoms with Crippen LogP contribution in [-0.4, -0.2) is 14.7 Å². The molecule has 0 fully saturated rings. The lowest BCUT2D eigenvalue weighted by Gasteiger charge is -2.26. The Morgan fingerprint density at radius 2 is 2.26 bits per heavy atom. The van der Waals surface area contributed by atoms with Crippen LogP contribution >= 0.6 is 0 Å². The first-order chi connectivity index (χ1) is 9.22. The van der Waals surface area contributed by atoms with E-state index in [2.05, 4.69) is 10.4 Å². The average molecular weight is 256 g/mol. The smallest absolute Gasteiger partial charge is 0.315 e. The molecule has 1 aliphatic heterocycles. The minimum atomic E-state index is -0.395. The molecule has 0 saturated heterocycles. The van der Waals surface area contributed by atoms with E-state index < -0.39 is 4.92 Å². The van der Waals surface area contributed by atoms with E-state index in [0.29, 0.717) is 5.69 Å². The highest BCUT2D eigenvalue weighted by Crippen LogP contribution is 2.40. The Morgan fingerprint density at radius 3 is 3.00 bits per heavy atom. The zero-order valence-electron chi connectivity index (χ0n) is 10.3. The Morgan fingerprint density at radius 1 is 1.47 bits per heavy atom. The Bertz CT molecular complexity index is 675. The molecule has 0 saturated carbocycles. The number of benzene rings is 1. The van der Waals surface area contributed by atoms with E-state index in [1.807, 2.05) is 43.3 Å². The topological polar surface area (TPSA) is 73.0 Å². The Balaban J connectivity index is 2.27. The van der Waals surface area contributed by atoms with E-state index in [4.69, 9.17) is 0 Å². The second kappa shape index (κ2) is 4.24. The predicted molar refractivity (Wildman–Crippen MR) is 71.8 cm³/mol. The first-order valence-electron chi connectivity index (χ1n) is 5.93. The molecule has 1 unspecified atom stereocenters. The molecule has 6 heteroatoms. The molecule has 96 valence electrons. The zero-order chi connectivity index (χ0) is 13.4. The van der Waals surface area contributed by atoms with Crippen LogP contribution in [0.1, 0.15) is 13.1 Å². The second-order valence-corrected chi connectivity index (χ2v) is 4.24. The maximum atomic E-state index is 11.1. The van der Waals surface area contributed by atoms with Gasteiger partial charge in [0.15, 0.2) is 5.69 Å². The maximum absolute atomic E-state index is 11.1. The summed E-state index contributed by atoms with van der Waals surface area (Å²) < 4.78 is 1.64. The summed E-state index contributed by atoms with van der Waals surface area (Å²) in [7, 11) is 0. The summed E-state index contributed by atoms with van der Waals surface area (Å²) in [5, 5.41) is 18.6. The van der Waals surface area contributed by atoms with Gasteiger partial charge >= 0.3 is 5.69 Å². The number of para-hydroxylation sites is 1. The third-order valence-corrected chi connectivity index (χ3v) is 3.10. The fraction of sp³-hybridized carbons (Fsp3) is 0.154. The maximum Gasteiger partial charge on any atom is 0.315 e. The van der Waals surface area contributed by atoms with Gasteiger partial charge in [-0.3, -0.25) is 10.1 Å². The monoisotopic (exact) mass is 256 g/mol. The number of rotatable bonds is 2. The molecular weight excluding hydrogens is 244 g/mol. The van der Waals surface area contributed by atoms with Crippen molar-refractivity contribution in [3.8, 4) is 11.3 Å². The van der Waals surface area contributed by atoms with Crippen LogP contribution < -0.4 is 5.32 Å². The number of fused-ring (bicyclic) bond motifs is 3. The number of allylic oxidation sites excluding steroid dienone is 1. The molecule has 0 aliphatic carbocycles. The third-order valence-electron chi connectivity index (χ3n) is 3.10. The van der Waals surface area contributed by atoms with Crippen LogP contribution in [0.5, 0.6) is 0 Å². The average Bonchev–Trinajstić information content (AvgIpc) is 2.84. The molecule has 3 rings (SSSR count). The number of hydrogen-bond acceptors (Lipinski definition) is 4. The van der Waals surface area contributed by atoms with Crippen LogP contribution in [0, 0.1) is 10.1 Å². The van der Waals surface area contributed by atoms with Gasteiger partial charge in [-0.25, -0.2) is 4.68 Å². The van der Waals surface area contributed by atoms with Crippen molar-refractivity contribution < 1.29 is 4.92 Å². The lowest BCUT2D eigenvalue weighted by molar-refractivity contribution is -0.384. The van der Waals surface area contributed by atoms with Crippen LogP contribution in [0.3, 0.4) is 0 Å². The number of hydrogen-bond donors (Lipinski definition) is 1. The van der Waals surface area contributed by atoms with Crippen molar-refractivity contribution in [3.05, 3.63) is 52.7 Å². The van der Waals surface area contributed by atoms with E-state index in [-0.39, 0.29) is 11.9 Å². The highest BCUT2D eigenvalue weighted by molar-refractivity contribution is 5.83. The summed E-state index contributed by atoms with van der Waals surface area (Å²) in [4.78, 5) is 10.7. The van der Waals surface area contributed by atoms with Gasteiger partial charge in [-0.15, -0.1) is 0 Å². The van der Waals surface area contributed by atoms with Gasteiger partial charge in [-0.2, -0.15) is 5.10 Å². The Kier molecular flexibility index (Phi) is 2.56. The molecule has 19 heavy (non-hydrogen) atoms. The molecule has 1 atom stereocenters. The van der Waals surface area contributed by atoms with Crippen LogP contribution in [0.15, 0.2) is 42.6 Å². The first-order valence-corrected chi connectivity index (χ1v) is 5.93. The van der Waals surface area contributed by atoms with Gasteiger partial charge in [0.05, 0.1) is 4.92 Å². The molecule has 1 N–H and O–H groups in total. The van der Waals surface area contributed by atoms with Crippen LogP contribution in [0.25, 0.3) is 11.3 Å². The van der Waals surface area contributed by atoms with E-state index in [0.717, 1.165) is 11.3 Å². The lowest BCUT2D eigenvalue weighted by atomic mass is 10.1. The van der Waals surface area contributed by atoms with E-state index in [1.54, 1.807) is 4.68 Å². The molecule has 0 radical (unpaired) electrons. The van der Waals surface area contributed by atoms with E-state index in [1.165, 1.54) is 6.20 Å². The fourth-order valence-electron chi connectivity index (χ4n) is 2.31. The number of nitrogens with zero attached hydrogens (tertiary/aromatic N) is 3. The third kappa shape index (κ3) is 1.69. The minimum Gasteiger partial charge on any atom is -0.360 e. The second-order valence-electron chi connectivity index (χ2n) is 4.24. The summed E-state index contributed by atoms with van der Waals surface area (Å²) in [6.45, 7) is 1.90. The van der Waals surface area contributed by atoms with Crippen molar-refractivity contribution in [1.29, 1.82) is 0 Å². The summed E-state index contributed by atoms with van der Waals surface area (Å²) in [5.74, 6) is 0. The number of aromatic nitrogens is 2. The van der Waals surface area contributed by atoms with Gasteiger partial charge in [0, 0.05) is 11.3 Å². The first kappa shape index (κ1) is 11.5. The Labute approximate surface area is 109 Å². The summed E-state index contributed by atoms with van der Waals surface area (Å²) in [6.07, 6.45) is 4.90. The van der Waals surface area contributed by atoms with Crippen LogP contribution in [0.4, 0.5) is 11.4 Å². The standard InChI is InChI=1S/C13H12N4O2/c1-2-5-12-15-10-7-4-3-6-9(10)13-11(17(18)19)8-14-16(12)13/h2-8,12,15H,1H3. The molecule has 2 aromatic rings. The van der Waals surface area contributed by atoms with E-state index >= 15 is 0 Å². The van der Waals surface area contributed by atoms with Crippen molar-refractivity contribution in [1.82, 2.24) is 9.78 Å². The predicted octanol–water partition coefficient (Wildman–Crippen LogP) is 2.96. The molecule has 2 heterocycles. The minimum absolute atomic E-state index is 0.0310. The van der Waals surface area contributed by atoms with Crippen LogP contribution in [-0.2, 0) is 0 Å². The molecule has 0 spiro atoms. The molecule has 1 aromatic carbocycles.